The van der Waals surface area contributed by atoms with Gasteiger partial charge in [0.1, 0.15) is 0 Å². The number of esters is 1. The molecule has 98 valence electrons. The SMILES string of the molecule is COC(=O)/C=C/c1nn(C)c2c(C(=O)O)cccc12. The fourth-order valence-corrected chi connectivity index (χ4v) is 1.88. The predicted octanol–water partition coefficient (Wildman–Crippen LogP) is 1.46. The number of aromatic carboxylic acids is 1. The van der Waals surface area contributed by atoms with Gasteiger partial charge in [-0.2, -0.15) is 5.10 Å². The number of aromatic nitrogens is 2. The van der Waals surface area contributed by atoms with E-state index in [1.54, 1.807) is 19.2 Å². The molecule has 0 aliphatic rings. The van der Waals surface area contributed by atoms with Crippen LogP contribution < -0.4 is 0 Å². The number of hydrogen-bond acceptors (Lipinski definition) is 4. The van der Waals surface area contributed by atoms with Gasteiger partial charge in [-0.25, -0.2) is 9.59 Å². The van der Waals surface area contributed by atoms with Gasteiger partial charge in [0, 0.05) is 18.5 Å². The zero-order valence-electron chi connectivity index (χ0n) is 10.5. The smallest absolute Gasteiger partial charge is 0.337 e. The van der Waals surface area contributed by atoms with E-state index in [-0.39, 0.29) is 5.56 Å². The topological polar surface area (TPSA) is 81.4 Å². The van der Waals surface area contributed by atoms with Crippen LogP contribution in [-0.2, 0) is 16.6 Å². The van der Waals surface area contributed by atoms with E-state index in [9.17, 15) is 9.59 Å². The van der Waals surface area contributed by atoms with Gasteiger partial charge in [0.15, 0.2) is 0 Å². The number of benzene rings is 1. The van der Waals surface area contributed by atoms with E-state index in [4.69, 9.17) is 5.11 Å². The molecule has 0 amide bonds. The van der Waals surface area contributed by atoms with Crippen LogP contribution in [0.5, 0.6) is 0 Å². The van der Waals surface area contributed by atoms with Gasteiger partial charge >= 0.3 is 11.9 Å². The average molecular weight is 260 g/mol. The van der Waals surface area contributed by atoms with Crippen molar-refractivity contribution in [2.75, 3.05) is 7.11 Å². The lowest BCUT2D eigenvalue weighted by molar-refractivity contribution is -0.134. The highest BCUT2D eigenvalue weighted by Crippen LogP contribution is 2.22. The van der Waals surface area contributed by atoms with Crippen LogP contribution in [0.25, 0.3) is 17.0 Å². The third-order valence-corrected chi connectivity index (χ3v) is 2.70. The summed E-state index contributed by atoms with van der Waals surface area (Å²) in [6.45, 7) is 0. The largest absolute Gasteiger partial charge is 0.478 e. The monoisotopic (exact) mass is 260 g/mol. The molecule has 0 fully saturated rings. The number of hydrogen-bond donors (Lipinski definition) is 1. The molecule has 0 bridgehead atoms. The van der Waals surface area contributed by atoms with Crippen molar-refractivity contribution in [3.63, 3.8) is 0 Å². The number of carbonyl (C=O) groups is 2. The van der Waals surface area contributed by atoms with Crippen LogP contribution in [0.2, 0.25) is 0 Å². The van der Waals surface area contributed by atoms with Gasteiger partial charge in [-0.3, -0.25) is 4.68 Å². The first-order valence-corrected chi connectivity index (χ1v) is 5.49. The van der Waals surface area contributed by atoms with Crippen LogP contribution in [0.15, 0.2) is 24.3 Å². The maximum Gasteiger partial charge on any atom is 0.337 e. The van der Waals surface area contributed by atoms with Crippen molar-refractivity contribution in [3.8, 4) is 0 Å². The summed E-state index contributed by atoms with van der Waals surface area (Å²) in [5, 5.41) is 14.0. The van der Waals surface area contributed by atoms with Crippen LogP contribution >= 0.6 is 0 Å². The molecule has 0 aliphatic carbocycles. The lowest BCUT2D eigenvalue weighted by atomic mass is 10.1. The number of carboxylic acids is 1. The molecule has 19 heavy (non-hydrogen) atoms. The lowest BCUT2D eigenvalue weighted by Gasteiger charge is -1.98. The Morgan fingerprint density at radius 3 is 2.79 bits per heavy atom. The molecular weight excluding hydrogens is 248 g/mol. The predicted molar refractivity (Wildman–Crippen MR) is 68.7 cm³/mol. The number of carbonyl (C=O) groups excluding carboxylic acids is 1. The normalized spacial score (nSPS) is 11.1. The summed E-state index contributed by atoms with van der Waals surface area (Å²) in [5.74, 6) is -1.51. The number of carboxylic acid groups (broad SMARTS) is 1. The maximum atomic E-state index is 11.2. The zero-order valence-corrected chi connectivity index (χ0v) is 10.5. The summed E-state index contributed by atoms with van der Waals surface area (Å²) < 4.78 is 5.98. The van der Waals surface area contributed by atoms with Crippen LogP contribution in [-0.4, -0.2) is 33.9 Å². The fraction of sp³-hybridized carbons (Fsp3) is 0.154. The van der Waals surface area contributed by atoms with E-state index in [0.29, 0.717) is 16.6 Å². The zero-order chi connectivity index (χ0) is 14.0. The summed E-state index contributed by atoms with van der Waals surface area (Å²) in [4.78, 5) is 22.2. The van der Waals surface area contributed by atoms with Crippen molar-refractivity contribution in [1.29, 1.82) is 0 Å². The van der Waals surface area contributed by atoms with Crippen molar-refractivity contribution in [2.24, 2.45) is 7.05 Å². The molecule has 6 nitrogen and oxygen atoms in total. The molecule has 6 heteroatoms. The van der Waals surface area contributed by atoms with Gasteiger partial charge in [0.2, 0.25) is 0 Å². The van der Waals surface area contributed by atoms with E-state index >= 15 is 0 Å². The number of ether oxygens (including phenoxy) is 1. The second-order valence-electron chi connectivity index (χ2n) is 3.87. The summed E-state index contributed by atoms with van der Waals surface area (Å²) in [7, 11) is 2.94. The van der Waals surface area contributed by atoms with Crippen LogP contribution in [0.1, 0.15) is 16.1 Å². The molecule has 0 atom stereocenters. The molecule has 2 rings (SSSR count). The van der Waals surface area contributed by atoms with E-state index in [1.165, 1.54) is 30.0 Å². The van der Waals surface area contributed by atoms with Gasteiger partial charge in [-0.05, 0) is 12.1 Å². The first-order chi connectivity index (χ1) is 9.04. The Labute approximate surface area is 108 Å². The maximum absolute atomic E-state index is 11.2. The molecular formula is C13H12N2O4. The number of rotatable bonds is 3. The standard InChI is InChI=1S/C13H12N2O4/c1-15-12-8(4-3-5-9(12)13(17)18)10(14-15)6-7-11(16)19-2/h3-7H,1-2H3,(H,17,18)/b7-6+. The molecule has 1 heterocycles. The van der Waals surface area contributed by atoms with Gasteiger partial charge in [-0.15, -0.1) is 0 Å². The van der Waals surface area contributed by atoms with E-state index in [1.807, 2.05) is 0 Å². The third kappa shape index (κ3) is 2.33. The summed E-state index contributed by atoms with van der Waals surface area (Å²) in [6, 6.07) is 4.91. The molecule has 0 unspecified atom stereocenters. The Morgan fingerprint density at radius 2 is 2.16 bits per heavy atom. The number of aryl methyl sites for hydroxylation is 1. The Balaban J connectivity index is 2.60. The van der Waals surface area contributed by atoms with E-state index in [2.05, 4.69) is 9.84 Å². The number of nitrogens with zero attached hydrogens (tertiary/aromatic N) is 2. The Kier molecular flexibility index (Phi) is 3.33. The van der Waals surface area contributed by atoms with E-state index in [0.717, 1.165) is 0 Å². The molecule has 0 aliphatic heterocycles. The summed E-state index contributed by atoms with van der Waals surface area (Å²) >= 11 is 0. The quantitative estimate of drug-likeness (QED) is 0.667. The first-order valence-electron chi connectivity index (χ1n) is 5.49. The Hall–Kier alpha value is -2.63. The summed E-state index contributed by atoms with van der Waals surface area (Å²) in [5.41, 5.74) is 1.20. The van der Waals surface area contributed by atoms with Gasteiger partial charge in [0.25, 0.3) is 0 Å². The number of fused-ring (bicyclic) bond motifs is 1. The molecule has 1 aromatic heterocycles. The minimum absolute atomic E-state index is 0.171. The van der Waals surface area contributed by atoms with Crippen molar-refractivity contribution >= 4 is 28.9 Å². The molecule has 1 aromatic carbocycles. The van der Waals surface area contributed by atoms with Crippen LogP contribution in [0.4, 0.5) is 0 Å². The third-order valence-electron chi connectivity index (χ3n) is 2.70. The summed E-state index contributed by atoms with van der Waals surface area (Å²) in [6.07, 6.45) is 2.75. The fourth-order valence-electron chi connectivity index (χ4n) is 1.88. The van der Waals surface area contributed by atoms with Crippen LogP contribution in [0, 0.1) is 0 Å². The Morgan fingerprint density at radius 1 is 1.42 bits per heavy atom. The number of para-hydroxylation sites is 1. The Bertz CT molecular complexity index is 685. The van der Waals surface area contributed by atoms with Gasteiger partial charge in [-0.1, -0.05) is 12.1 Å². The molecule has 0 radical (unpaired) electrons. The second kappa shape index (κ2) is 4.93. The lowest BCUT2D eigenvalue weighted by Crippen LogP contribution is -2.00. The molecule has 0 saturated heterocycles. The first kappa shape index (κ1) is 12.8. The van der Waals surface area contributed by atoms with E-state index < -0.39 is 11.9 Å². The molecule has 0 spiro atoms. The van der Waals surface area contributed by atoms with Gasteiger partial charge in [0.05, 0.1) is 23.9 Å². The van der Waals surface area contributed by atoms with Crippen molar-refractivity contribution < 1.29 is 19.4 Å². The van der Waals surface area contributed by atoms with Gasteiger partial charge < -0.3 is 9.84 Å². The average Bonchev–Trinajstić information content (AvgIpc) is 2.73. The minimum Gasteiger partial charge on any atom is -0.478 e. The highest BCUT2D eigenvalue weighted by Gasteiger charge is 2.14. The van der Waals surface area contributed by atoms with Crippen molar-refractivity contribution in [2.45, 2.75) is 0 Å². The highest BCUT2D eigenvalue weighted by atomic mass is 16.5. The van der Waals surface area contributed by atoms with Crippen molar-refractivity contribution in [3.05, 3.63) is 35.5 Å². The molecule has 0 saturated carbocycles. The minimum atomic E-state index is -1.02. The molecule has 1 N–H and O–H groups in total. The molecule has 2 aromatic rings. The highest BCUT2D eigenvalue weighted by molar-refractivity contribution is 6.04. The van der Waals surface area contributed by atoms with Crippen LogP contribution in [0.3, 0.4) is 0 Å². The number of methoxy groups -OCH3 is 1. The second-order valence-corrected chi connectivity index (χ2v) is 3.87. The van der Waals surface area contributed by atoms with Crippen molar-refractivity contribution in [1.82, 2.24) is 9.78 Å².